The first kappa shape index (κ1) is 44.1. The minimum absolute atomic E-state index is 0.176. The summed E-state index contributed by atoms with van der Waals surface area (Å²) in [6.07, 6.45) is 36.2. The summed E-state index contributed by atoms with van der Waals surface area (Å²) in [6.45, 7) is 5.95. The molecule has 0 amide bonds. The van der Waals surface area contributed by atoms with Crippen LogP contribution < -0.4 is 0 Å². The number of carbonyl (C=O) groups is 3. The van der Waals surface area contributed by atoms with Gasteiger partial charge in [-0.2, -0.15) is 0 Å². The van der Waals surface area contributed by atoms with Crippen molar-refractivity contribution < 1.29 is 34.2 Å². The lowest BCUT2D eigenvalue weighted by molar-refractivity contribution is -0.929. The number of hydrogen-bond acceptors (Lipinski definition) is 3. The van der Waals surface area contributed by atoms with Crippen molar-refractivity contribution in [2.75, 3.05) is 26.2 Å². The molecule has 0 heterocycles. The van der Waals surface area contributed by atoms with Crippen molar-refractivity contribution in [2.24, 2.45) is 0 Å². The van der Waals surface area contributed by atoms with Crippen molar-refractivity contribution in [3.63, 3.8) is 0 Å². The molecule has 7 heteroatoms. The van der Waals surface area contributed by atoms with Crippen LogP contribution in [0.15, 0.2) is 12.2 Å². The topological polar surface area (TPSA) is 112 Å². The maximum absolute atomic E-state index is 11.0. The molecule has 0 radical (unpaired) electrons. The van der Waals surface area contributed by atoms with E-state index in [9.17, 15) is 14.4 Å². The fourth-order valence-electron chi connectivity index (χ4n) is 6.58. The van der Waals surface area contributed by atoms with E-state index >= 15 is 0 Å². The van der Waals surface area contributed by atoms with Gasteiger partial charge in [0.25, 0.3) is 0 Å². The Morgan fingerprint density at radius 2 is 0.652 bits per heavy atom. The van der Waals surface area contributed by atoms with Gasteiger partial charge in [-0.25, -0.2) is 0 Å². The molecule has 46 heavy (non-hydrogen) atoms. The molecule has 0 unspecified atom stereocenters. The summed E-state index contributed by atoms with van der Waals surface area (Å²) in [5.41, 5.74) is 0. The minimum atomic E-state index is -0.765. The summed E-state index contributed by atoms with van der Waals surface area (Å²) in [7, 11) is 0. The van der Waals surface area contributed by atoms with Crippen molar-refractivity contribution in [3.8, 4) is 0 Å². The summed E-state index contributed by atoms with van der Waals surface area (Å²) in [5.74, 6) is -2.29. The fraction of sp³-hybridized carbons (Fsp3) is 0.872. The van der Waals surface area contributed by atoms with Crippen LogP contribution in [0.1, 0.15) is 193 Å². The molecule has 0 aromatic rings. The van der Waals surface area contributed by atoms with Crippen molar-refractivity contribution in [3.05, 3.63) is 12.2 Å². The zero-order valence-electron chi connectivity index (χ0n) is 30.0. The van der Waals surface area contributed by atoms with E-state index in [1.54, 1.807) is 0 Å². The smallest absolute Gasteiger partial charge is 0.303 e. The average Bonchev–Trinajstić information content (AvgIpc) is 3.02. The van der Waals surface area contributed by atoms with Gasteiger partial charge in [-0.05, 0) is 70.6 Å². The molecule has 0 aromatic heterocycles. The molecule has 0 aliphatic carbocycles. The van der Waals surface area contributed by atoms with Crippen LogP contribution in [0, 0.1) is 0 Å². The molecule has 0 aromatic carbocycles. The van der Waals surface area contributed by atoms with E-state index in [0.717, 1.165) is 56.3 Å². The second kappa shape index (κ2) is 33.0. The Balaban J connectivity index is 4.13. The van der Waals surface area contributed by atoms with E-state index in [0.29, 0.717) is 19.3 Å². The van der Waals surface area contributed by atoms with Crippen LogP contribution in [-0.4, -0.2) is 63.9 Å². The molecular weight excluding hydrogens is 578 g/mol. The highest BCUT2D eigenvalue weighted by molar-refractivity contribution is 5.67. The van der Waals surface area contributed by atoms with E-state index in [4.69, 9.17) is 15.3 Å². The number of carboxylic acid groups (broad SMARTS) is 3. The number of hydrogen-bond donors (Lipinski definition) is 3. The molecule has 0 fully saturated rings. The highest BCUT2D eigenvalue weighted by Gasteiger charge is 2.26. The molecule has 0 rings (SSSR count). The number of rotatable bonds is 37. The van der Waals surface area contributed by atoms with Gasteiger partial charge < -0.3 is 19.8 Å². The van der Waals surface area contributed by atoms with Crippen molar-refractivity contribution >= 4 is 17.9 Å². The number of unbranched alkanes of at least 4 members (excludes halogenated alkanes) is 21. The standard InChI is InChI=1S/C39H73NO6/c1-2-3-4-5-6-7-8-9-10-11-12-13-14-15-16-17-18-19-20-21-22-26-33-40(34-27-23-30-37(41)42,35-28-24-31-38(43)44)36-29-25-32-39(45)46/h5-6H,2-4,7-36H2,1H3,(H2-,41,42,43,44,45,46)/p+1/b6-5+. The van der Waals surface area contributed by atoms with Crippen LogP contribution in [0.25, 0.3) is 0 Å². The van der Waals surface area contributed by atoms with Crippen LogP contribution in [-0.2, 0) is 14.4 Å². The molecule has 0 atom stereocenters. The molecule has 0 aliphatic rings. The van der Waals surface area contributed by atoms with Crippen molar-refractivity contribution in [1.82, 2.24) is 0 Å². The van der Waals surface area contributed by atoms with Crippen LogP contribution in [0.5, 0.6) is 0 Å². The zero-order valence-corrected chi connectivity index (χ0v) is 30.0. The first-order chi connectivity index (χ1) is 22.3. The largest absolute Gasteiger partial charge is 0.481 e. The third kappa shape index (κ3) is 32.1. The fourth-order valence-corrected chi connectivity index (χ4v) is 6.58. The van der Waals surface area contributed by atoms with Gasteiger partial charge in [-0.1, -0.05) is 115 Å². The quantitative estimate of drug-likeness (QED) is 0.0350. The predicted octanol–water partition coefficient (Wildman–Crippen LogP) is 10.9. The molecular formula is C39H74NO6+. The maximum atomic E-state index is 11.0. The molecule has 0 saturated carbocycles. The van der Waals surface area contributed by atoms with E-state index in [2.05, 4.69) is 19.1 Å². The third-order valence-corrected chi connectivity index (χ3v) is 9.46. The number of allylic oxidation sites excluding steroid dienone is 2. The van der Waals surface area contributed by atoms with Gasteiger partial charge in [0.15, 0.2) is 0 Å². The summed E-state index contributed by atoms with van der Waals surface area (Å²) in [6, 6.07) is 0. The molecule has 7 nitrogen and oxygen atoms in total. The van der Waals surface area contributed by atoms with Gasteiger partial charge >= 0.3 is 17.9 Å². The Morgan fingerprint density at radius 1 is 0.391 bits per heavy atom. The number of carboxylic acids is 3. The number of aliphatic carboxylic acids is 3. The Hall–Kier alpha value is -1.89. The molecule has 0 spiro atoms. The lowest BCUT2D eigenvalue weighted by Crippen LogP contribution is -2.51. The summed E-state index contributed by atoms with van der Waals surface area (Å²) in [5, 5.41) is 27.2. The van der Waals surface area contributed by atoms with Crippen LogP contribution in [0.3, 0.4) is 0 Å². The van der Waals surface area contributed by atoms with Gasteiger partial charge in [-0.15, -0.1) is 0 Å². The van der Waals surface area contributed by atoms with Crippen LogP contribution >= 0.6 is 0 Å². The predicted molar refractivity (Wildman–Crippen MR) is 191 cm³/mol. The van der Waals surface area contributed by atoms with Crippen molar-refractivity contribution in [2.45, 2.75) is 193 Å². The summed E-state index contributed by atoms with van der Waals surface area (Å²) < 4.78 is 0.871. The number of quaternary nitrogens is 1. The summed E-state index contributed by atoms with van der Waals surface area (Å²) in [4.78, 5) is 33.1. The minimum Gasteiger partial charge on any atom is -0.481 e. The number of nitrogens with zero attached hydrogens (tertiary/aromatic N) is 1. The zero-order chi connectivity index (χ0) is 34.0. The van der Waals surface area contributed by atoms with Crippen molar-refractivity contribution in [1.29, 1.82) is 0 Å². The second-order valence-electron chi connectivity index (χ2n) is 13.8. The van der Waals surface area contributed by atoms with Gasteiger partial charge in [-0.3, -0.25) is 14.4 Å². The first-order valence-electron chi connectivity index (χ1n) is 19.5. The molecule has 3 N–H and O–H groups in total. The SMILES string of the molecule is CCCC/C=C/CCCCCCCCCCCCCCCCCC[N+](CCCCC(=O)O)(CCCCC(=O)O)CCCCC(=O)O. The Kier molecular flexibility index (Phi) is 31.7. The highest BCUT2D eigenvalue weighted by Crippen LogP contribution is 2.20. The highest BCUT2D eigenvalue weighted by atomic mass is 16.4. The summed E-state index contributed by atoms with van der Waals surface area (Å²) >= 11 is 0. The second-order valence-corrected chi connectivity index (χ2v) is 13.8. The van der Waals surface area contributed by atoms with Gasteiger partial charge in [0, 0.05) is 19.3 Å². The average molecular weight is 653 g/mol. The molecule has 0 aliphatic heterocycles. The Labute approximate surface area is 283 Å². The van der Waals surface area contributed by atoms with Crippen LogP contribution in [0.2, 0.25) is 0 Å². The van der Waals surface area contributed by atoms with E-state index in [1.807, 2.05) is 0 Å². The van der Waals surface area contributed by atoms with E-state index < -0.39 is 17.9 Å². The maximum Gasteiger partial charge on any atom is 0.303 e. The van der Waals surface area contributed by atoms with E-state index in [-0.39, 0.29) is 19.3 Å². The lowest BCUT2D eigenvalue weighted by atomic mass is 10.0. The molecule has 270 valence electrons. The third-order valence-electron chi connectivity index (χ3n) is 9.46. The Morgan fingerprint density at radius 3 is 0.957 bits per heavy atom. The molecule has 0 bridgehead atoms. The monoisotopic (exact) mass is 653 g/mol. The van der Waals surface area contributed by atoms with E-state index in [1.165, 1.54) is 122 Å². The normalized spacial score (nSPS) is 11.8. The van der Waals surface area contributed by atoms with Gasteiger partial charge in [0.1, 0.15) is 0 Å². The first-order valence-corrected chi connectivity index (χ1v) is 19.5. The van der Waals surface area contributed by atoms with Crippen LogP contribution in [0.4, 0.5) is 0 Å². The van der Waals surface area contributed by atoms with Gasteiger partial charge in [0.2, 0.25) is 0 Å². The molecule has 0 saturated heterocycles. The lowest BCUT2D eigenvalue weighted by Gasteiger charge is -2.39. The van der Waals surface area contributed by atoms with Gasteiger partial charge in [0.05, 0.1) is 26.2 Å². The Bertz CT molecular complexity index is 698.